The van der Waals surface area contributed by atoms with E-state index in [0.29, 0.717) is 11.8 Å². The molecule has 2 amide bonds. The Morgan fingerprint density at radius 2 is 1.70 bits per heavy atom. The van der Waals surface area contributed by atoms with Crippen molar-refractivity contribution in [2.45, 2.75) is 51.9 Å². The van der Waals surface area contributed by atoms with E-state index < -0.39 is 64.9 Å². The molecule has 16 heteroatoms. The van der Waals surface area contributed by atoms with Crippen LogP contribution in [0.15, 0.2) is 64.1 Å². The Morgan fingerprint density at radius 3 is 2.28 bits per heavy atom. The van der Waals surface area contributed by atoms with Crippen molar-refractivity contribution in [3.8, 4) is 11.3 Å². The molecule has 1 atom stereocenters. The zero-order chi connectivity index (χ0) is 33.8. The third kappa shape index (κ3) is 7.27. The summed E-state index contributed by atoms with van der Waals surface area (Å²) in [6, 6.07) is 9.52. The van der Waals surface area contributed by atoms with Crippen molar-refractivity contribution in [1.82, 2.24) is 30.0 Å². The molecule has 0 fully saturated rings. The quantitative estimate of drug-likeness (QED) is 0.239. The predicted molar refractivity (Wildman–Crippen MR) is 157 cm³/mol. The molecular formula is C30H30F3N7O6. The summed E-state index contributed by atoms with van der Waals surface area (Å²) in [7, 11) is 1.11. The maximum atomic E-state index is 13.5. The number of aromatic nitrogens is 5. The largest absolute Gasteiger partial charge is 0.453 e. The normalized spacial score (nSPS) is 12.5. The van der Waals surface area contributed by atoms with Gasteiger partial charge in [0.05, 0.1) is 41.7 Å². The van der Waals surface area contributed by atoms with Crippen molar-refractivity contribution >= 4 is 23.6 Å². The standard InChI is InChI=1S/C30H30F3N7O6/c1-16(2)22(23(42)25-38-39-27(46-25)29(3,4)20-12-11-18(13-34-20)30(31,32)33)36-21(41)15-40-19(17-9-7-6-8-10-17)14-35-24(26(40)43)37-28(44)45-5/h6-14,16,22H,15H2,1-5H3,(H,36,41)(H,35,37,44). The smallest absolute Gasteiger partial charge is 0.417 e. The van der Waals surface area contributed by atoms with E-state index in [1.807, 2.05) is 0 Å². The van der Waals surface area contributed by atoms with E-state index in [1.54, 1.807) is 58.0 Å². The lowest BCUT2D eigenvalue weighted by atomic mass is 9.88. The van der Waals surface area contributed by atoms with E-state index in [2.05, 4.69) is 35.5 Å². The zero-order valence-corrected chi connectivity index (χ0v) is 25.4. The van der Waals surface area contributed by atoms with E-state index >= 15 is 0 Å². The van der Waals surface area contributed by atoms with Crippen LogP contribution in [0.4, 0.5) is 23.8 Å². The van der Waals surface area contributed by atoms with Gasteiger partial charge in [-0.2, -0.15) is 13.2 Å². The lowest BCUT2D eigenvalue weighted by molar-refractivity contribution is -0.137. The monoisotopic (exact) mass is 641 g/mol. The maximum Gasteiger partial charge on any atom is 0.417 e. The number of hydrogen-bond donors (Lipinski definition) is 2. The Hall–Kier alpha value is -5.41. The van der Waals surface area contributed by atoms with Crippen LogP contribution >= 0.6 is 0 Å². The number of amides is 2. The van der Waals surface area contributed by atoms with Crippen LogP contribution in [-0.4, -0.2) is 55.7 Å². The highest BCUT2D eigenvalue weighted by Crippen LogP contribution is 2.33. The van der Waals surface area contributed by atoms with Crippen molar-refractivity contribution in [3.05, 3.63) is 88.3 Å². The van der Waals surface area contributed by atoms with E-state index in [-0.39, 0.29) is 23.1 Å². The third-order valence-corrected chi connectivity index (χ3v) is 7.00. The second-order valence-electron chi connectivity index (χ2n) is 11.0. The molecule has 1 aromatic carbocycles. The molecule has 0 saturated carbocycles. The molecule has 13 nitrogen and oxygen atoms in total. The molecule has 46 heavy (non-hydrogen) atoms. The Morgan fingerprint density at radius 1 is 1.00 bits per heavy atom. The fourth-order valence-corrected chi connectivity index (χ4v) is 4.36. The first-order valence-electron chi connectivity index (χ1n) is 13.8. The average Bonchev–Trinajstić information content (AvgIpc) is 3.53. The molecule has 1 unspecified atom stereocenters. The van der Waals surface area contributed by atoms with Crippen LogP contribution < -0.4 is 16.2 Å². The first-order chi connectivity index (χ1) is 21.6. The van der Waals surface area contributed by atoms with Crippen molar-refractivity contribution in [2.24, 2.45) is 5.92 Å². The lowest BCUT2D eigenvalue weighted by Gasteiger charge is -2.21. The van der Waals surface area contributed by atoms with Gasteiger partial charge in [0.25, 0.3) is 11.4 Å². The van der Waals surface area contributed by atoms with Gasteiger partial charge in [-0.15, -0.1) is 10.2 Å². The molecule has 0 aliphatic heterocycles. The number of methoxy groups -OCH3 is 1. The van der Waals surface area contributed by atoms with E-state index in [9.17, 15) is 32.3 Å². The number of anilines is 1. The number of halogens is 3. The number of rotatable bonds is 10. The number of ketones is 1. The van der Waals surface area contributed by atoms with Gasteiger partial charge in [-0.05, 0) is 37.5 Å². The minimum absolute atomic E-state index is 0.0848. The number of ether oxygens (including phenoxy) is 1. The van der Waals surface area contributed by atoms with Gasteiger partial charge in [0.15, 0.2) is 0 Å². The number of nitrogens with zero attached hydrogens (tertiary/aromatic N) is 5. The number of pyridine rings is 1. The topological polar surface area (TPSA) is 171 Å². The number of carbonyl (C=O) groups is 3. The molecule has 3 heterocycles. The Bertz CT molecular complexity index is 1790. The number of benzene rings is 1. The average molecular weight is 642 g/mol. The summed E-state index contributed by atoms with van der Waals surface area (Å²) in [5, 5.41) is 12.6. The molecule has 4 aromatic rings. The minimum Gasteiger partial charge on any atom is -0.453 e. The fourth-order valence-electron chi connectivity index (χ4n) is 4.36. The molecule has 2 N–H and O–H groups in total. The van der Waals surface area contributed by atoms with Gasteiger partial charge >= 0.3 is 12.3 Å². The van der Waals surface area contributed by atoms with Crippen molar-refractivity contribution < 1.29 is 36.7 Å². The molecule has 4 rings (SSSR count). The van der Waals surface area contributed by atoms with Crippen LogP contribution in [0.3, 0.4) is 0 Å². The number of carbonyl (C=O) groups excluding carboxylic acids is 3. The zero-order valence-electron chi connectivity index (χ0n) is 25.4. The number of nitrogens with one attached hydrogen (secondary N) is 2. The van der Waals surface area contributed by atoms with Crippen LogP contribution in [0.2, 0.25) is 0 Å². The lowest BCUT2D eigenvalue weighted by Crippen LogP contribution is -2.46. The second kappa shape index (κ2) is 13.3. The Labute approximate surface area is 260 Å². The van der Waals surface area contributed by atoms with Gasteiger partial charge in [0.1, 0.15) is 6.54 Å². The summed E-state index contributed by atoms with van der Waals surface area (Å²) in [4.78, 5) is 59.8. The second-order valence-corrected chi connectivity index (χ2v) is 11.0. The molecule has 0 spiro atoms. The van der Waals surface area contributed by atoms with Crippen LogP contribution in [0.1, 0.15) is 55.5 Å². The third-order valence-electron chi connectivity index (χ3n) is 7.00. The van der Waals surface area contributed by atoms with E-state index in [0.717, 1.165) is 17.7 Å². The molecular weight excluding hydrogens is 611 g/mol. The summed E-state index contributed by atoms with van der Waals surface area (Å²) in [6.07, 6.45) is -3.50. The van der Waals surface area contributed by atoms with Gasteiger partial charge in [0.2, 0.25) is 23.4 Å². The Kier molecular flexibility index (Phi) is 9.68. The van der Waals surface area contributed by atoms with Crippen LogP contribution in [-0.2, 0) is 27.7 Å². The molecule has 0 saturated heterocycles. The highest BCUT2D eigenvalue weighted by molar-refractivity contribution is 5.98. The summed E-state index contributed by atoms with van der Waals surface area (Å²) in [5.74, 6) is -2.83. The van der Waals surface area contributed by atoms with Crippen molar-refractivity contribution in [2.75, 3.05) is 12.4 Å². The van der Waals surface area contributed by atoms with E-state index in [4.69, 9.17) is 4.42 Å². The van der Waals surface area contributed by atoms with Gasteiger partial charge in [-0.3, -0.25) is 29.3 Å². The van der Waals surface area contributed by atoms with Crippen LogP contribution in [0.25, 0.3) is 11.3 Å². The molecule has 3 aromatic heterocycles. The fraction of sp³-hybridized carbons (Fsp3) is 0.333. The minimum atomic E-state index is -4.56. The summed E-state index contributed by atoms with van der Waals surface area (Å²) >= 11 is 0. The molecule has 0 aliphatic rings. The summed E-state index contributed by atoms with van der Waals surface area (Å²) in [6.45, 7) is 5.96. The first kappa shape index (κ1) is 33.5. The molecule has 0 bridgehead atoms. The maximum absolute atomic E-state index is 13.5. The SMILES string of the molecule is COC(=O)Nc1ncc(-c2ccccc2)n(CC(=O)NC(C(=O)c2nnc(C(C)(C)c3ccc(C(F)(F)F)cn3)o2)C(C)C)c1=O. The highest BCUT2D eigenvalue weighted by Gasteiger charge is 2.36. The van der Waals surface area contributed by atoms with Gasteiger partial charge in [0, 0.05) is 6.20 Å². The number of hydrogen-bond acceptors (Lipinski definition) is 10. The van der Waals surface area contributed by atoms with Gasteiger partial charge in [-0.1, -0.05) is 44.2 Å². The first-order valence-corrected chi connectivity index (χ1v) is 13.8. The number of alkyl halides is 3. The summed E-state index contributed by atoms with van der Waals surface area (Å²) in [5.41, 5.74) is -1.87. The van der Waals surface area contributed by atoms with Crippen LogP contribution in [0.5, 0.6) is 0 Å². The summed E-state index contributed by atoms with van der Waals surface area (Å²) < 4.78 is 50.3. The predicted octanol–water partition coefficient (Wildman–Crippen LogP) is 4.24. The Balaban J connectivity index is 1.58. The van der Waals surface area contributed by atoms with Gasteiger partial charge in [-0.25, -0.2) is 9.78 Å². The molecule has 0 aliphatic carbocycles. The van der Waals surface area contributed by atoms with E-state index in [1.165, 1.54) is 12.3 Å². The van der Waals surface area contributed by atoms with Gasteiger partial charge < -0.3 is 14.5 Å². The molecule has 0 radical (unpaired) electrons. The van der Waals surface area contributed by atoms with Crippen molar-refractivity contribution in [1.29, 1.82) is 0 Å². The number of Topliss-reactive ketones (excluding diaryl/α,β-unsaturated/α-hetero) is 1. The molecule has 242 valence electrons. The van der Waals surface area contributed by atoms with Crippen LogP contribution in [0, 0.1) is 5.92 Å². The van der Waals surface area contributed by atoms with Crippen molar-refractivity contribution in [3.63, 3.8) is 0 Å². The highest BCUT2D eigenvalue weighted by atomic mass is 19.4.